The molecule has 2 aromatic carbocycles. The fraction of sp³-hybridized carbons (Fsp3) is 0.188. The Labute approximate surface area is 130 Å². The van der Waals surface area contributed by atoms with Gasteiger partial charge in [0.05, 0.1) is 4.90 Å². The van der Waals surface area contributed by atoms with Gasteiger partial charge in [0.2, 0.25) is 15.9 Å². The van der Waals surface area contributed by atoms with Gasteiger partial charge in [-0.15, -0.1) is 0 Å². The molecule has 5 nitrogen and oxygen atoms in total. The summed E-state index contributed by atoms with van der Waals surface area (Å²) in [5.41, 5.74) is 0.744. The molecule has 6 heteroatoms. The second kappa shape index (κ2) is 7.20. The van der Waals surface area contributed by atoms with Crippen molar-refractivity contribution in [3.05, 3.63) is 60.7 Å². The number of para-hydroxylation sites is 1. The minimum atomic E-state index is -3.55. The second-order valence-electron chi connectivity index (χ2n) is 4.72. The van der Waals surface area contributed by atoms with Gasteiger partial charge in [0, 0.05) is 25.7 Å². The van der Waals surface area contributed by atoms with Crippen LogP contribution >= 0.6 is 0 Å². The van der Waals surface area contributed by atoms with Gasteiger partial charge in [0.1, 0.15) is 0 Å². The van der Waals surface area contributed by atoms with E-state index in [1.165, 1.54) is 24.0 Å². The molecular formula is C16H18N2O3S. The van der Waals surface area contributed by atoms with E-state index in [9.17, 15) is 13.2 Å². The summed E-state index contributed by atoms with van der Waals surface area (Å²) in [5.74, 6) is -0.134. The van der Waals surface area contributed by atoms with Crippen LogP contribution in [0.2, 0.25) is 0 Å². The molecule has 0 saturated carbocycles. The Morgan fingerprint density at radius 1 is 1.00 bits per heavy atom. The number of rotatable bonds is 6. The van der Waals surface area contributed by atoms with Gasteiger partial charge >= 0.3 is 0 Å². The summed E-state index contributed by atoms with van der Waals surface area (Å²) in [5, 5.41) is 0. The first kappa shape index (κ1) is 16.2. The molecule has 2 aromatic rings. The van der Waals surface area contributed by atoms with E-state index in [0.717, 1.165) is 5.69 Å². The van der Waals surface area contributed by atoms with Crippen LogP contribution in [-0.4, -0.2) is 27.4 Å². The molecule has 0 atom stereocenters. The SMILES string of the molecule is CC(=O)N(CCNS(=O)(=O)c1ccccc1)c1ccccc1. The van der Waals surface area contributed by atoms with Gasteiger partial charge in [-0.2, -0.15) is 0 Å². The lowest BCUT2D eigenvalue weighted by Crippen LogP contribution is -2.37. The van der Waals surface area contributed by atoms with E-state index in [1.54, 1.807) is 18.2 Å². The van der Waals surface area contributed by atoms with Gasteiger partial charge in [-0.05, 0) is 24.3 Å². The summed E-state index contributed by atoms with van der Waals surface area (Å²) >= 11 is 0. The van der Waals surface area contributed by atoms with E-state index in [-0.39, 0.29) is 23.9 Å². The topological polar surface area (TPSA) is 66.5 Å². The fourth-order valence-electron chi connectivity index (χ4n) is 2.05. The second-order valence-corrected chi connectivity index (χ2v) is 6.48. The van der Waals surface area contributed by atoms with Crippen molar-refractivity contribution in [2.24, 2.45) is 0 Å². The first-order valence-electron chi connectivity index (χ1n) is 6.88. The van der Waals surface area contributed by atoms with Crippen molar-refractivity contribution in [2.75, 3.05) is 18.0 Å². The highest BCUT2D eigenvalue weighted by Crippen LogP contribution is 2.13. The van der Waals surface area contributed by atoms with Gasteiger partial charge < -0.3 is 4.90 Å². The molecule has 0 aliphatic heterocycles. The first-order chi connectivity index (χ1) is 10.5. The lowest BCUT2D eigenvalue weighted by Gasteiger charge is -2.21. The van der Waals surface area contributed by atoms with E-state index in [2.05, 4.69) is 4.72 Å². The third kappa shape index (κ3) is 4.16. The Kier molecular flexibility index (Phi) is 5.30. The van der Waals surface area contributed by atoms with Crippen LogP contribution in [0.5, 0.6) is 0 Å². The zero-order valence-corrected chi connectivity index (χ0v) is 13.1. The zero-order chi connectivity index (χ0) is 16.0. The number of sulfonamides is 1. The molecule has 0 bridgehead atoms. The minimum Gasteiger partial charge on any atom is -0.311 e. The van der Waals surface area contributed by atoms with Crippen molar-refractivity contribution in [1.82, 2.24) is 4.72 Å². The summed E-state index contributed by atoms with van der Waals surface area (Å²) in [6.07, 6.45) is 0. The molecule has 2 rings (SSSR count). The highest BCUT2D eigenvalue weighted by Gasteiger charge is 2.15. The highest BCUT2D eigenvalue weighted by atomic mass is 32.2. The number of carbonyl (C=O) groups excluding carboxylic acids is 1. The summed E-state index contributed by atoms with van der Waals surface area (Å²) < 4.78 is 26.7. The van der Waals surface area contributed by atoms with Gasteiger partial charge in [0.15, 0.2) is 0 Å². The number of benzene rings is 2. The van der Waals surface area contributed by atoms with Crippen LogP contribution in [-0.2, 0) is 14.8 Å². The zero-order valence-electron chi connectivity index (χ0n) is 12.3. The smallest absolute Gasteiger partial charge is 0.240 e. The van der Waals surface area contributed by atoms with E-state index < -0.39 is 10.0 Å². The molecule has 116 valence electrons. The van der Waals surface area contributed by atoms with E-state index >= 15 is 0 Å². The molecule has 1 amide bonds. The number of amides is 1. The quantitative estimate of drug-likeness (QED) is 0.886. The highest BCUT2D eigenvalue weighted by molar-refractivity contribution is 7.89. The standard InChI is InChI=1S/C16H18N2O3S/c1-14(19)18(15-8-4-2-5-9-15)13-12-17-22(20,21)16-10-6-3-7-11-16/h2-11,17H,12-13H2,1H3. The Morgan fingerprint density at radius 3 is 2.09 bits per heavy atom. The van der Waals surface area contributed by atoms with Crippen LogP contribution in [0.4, 0.5) is 5.69 Å². The average Bonchev–Trinajstić information content (AvgIpc) is 2.53. The maximum Gasteiger partial charge on any atom is 0.240 e. The molecular weight excluding hydrogens is 300 g/mol. The minimum absolute atomic E-state index is 0.134. The molecule has 0 heterocycles. The van der Waals surface area contributed by atoms with E-state index in [1.807, 2.05) is 30.3 Å². The molecule has 0 aromatic heterocycles. The monoisotopic (exact) mass is 318 g/mol. The van der Waals surface area contributed by atoms with Crippen LogP contribution in [0.3, 0.4) is 0 Å². The predicted molar refractivity (Wildman–Crippen MR) is 86.1 cm³/mol. The third-order valence-corrected chi connectivity index (χ3v) is 4.61. The van der Waals surface area contributed by atoms with Crippen molar-refractivity contribution < 1.29 is 13.2 Å². The summed E-state index contributed by atoms with van der Waals surface area (Å²) in [6.45, 7) is 1.87. The Hall–Kier alpha value is -2.18. The number of nitrogens with one attached hydrogen (secondary N) is 1. The molecule has 0 radical (unpaired) electrons. The van der Waals surface area contributed by atoms with Crippen LogP contribution < -0.4 is 9.62 Å². The molecule has 0 aliphatic rings. The molecule has 0 aliphatic carbocycles. The fourth-order valence-corrected chi connectivity index (χ4v) is 3.09. The molecule has 0 fully saturated rings. The normalized spacial score (nSPS) is 11.1. The largest absolute Gasteiger partial charge is 0.311 e. The third-order valence-electron chi connectivity index (χ3n) is 3.13. The van der Waals surface area contributed by atoms with Crippen LogP contribution in [0.25, 0.3) is 0 Å². The predicted octanol–water partition coefficient (Wildman–Crippen LogP) is 2.02. The molecule has 22 heavy (non-hydrogen) atoms. The van der Waals surface area contributed by atoms with Gasteiger partial charge in [-0.25, -0.2) is 13.1 Å². The Balaban J connectivity index is 2.01. The molecule has 0 spiro atoms. The van der Waals surface area contributed by atoms with Gasteiger partial charge in [-0.3, -0.25) is 4.79 Å². The number of hydrogen-bond donors (Lipinski definition) is 1. The maximum atomic E-state index is 12.1. The summed E-state index contributed by atoms with van der Waals surface area (Å²) in [7, 11) is -3.55. The lowest BCUT2D eigenvalue weighted by atomic mass is 10.3. The van der Waals surface area contributed by atoms with E-state index in [0.29, 0.717) is 0 Å². The maximum absolute atomic E-state index is 12.1. The Morgan fingerprint density at radius 2 is 1.55 bits per heavy atom. The van der Waals surface area contributed by atoms with Crippen LogP contribution in [0.1, 0.15) is 6.92 Å². The van der Waals surface area contributed by atoms with Crippen LogP contribution in [0, 0.1) is 0 Å². The van der Waals surface area contributed by atoms with Crippen molar-refractivity contribution in [3.8, 4) is 0 Å². The van der Waals surface area contributed by atoms with Crippen molar-refractivity contribution in [2.45, 2.75) is 11.8 Å². The molecule has 1 N–H and O–H groups in total. The number of carbonyl (C=O) groups is 1. The number of anilines is 1. The van der Waals surface area contributed by atoms with E-state index in [4.69, 9.17) is 0 Å². The summed E-state index contributed by atoms with van der Waals surface area (Å²) in [4.78, 5) is 13.5. The first-order valence-corrected chi connectivity index (χ1v) is 8.37. The van der Waals surface area contributed by atoms with Crippen LogP contribution in [0.15, 0.2) is 65.6 Å². The van der Waals surface area contributed by atoms with Crippen molar-refractivity contribution >= 4 is 21.6 Å². The van der Waals surface area contributed by atoms with Gasteiger partial charge in [0.25, 0.3) is 0 Å². The van der Waals surface area contributed by atoms with Crippen molar-refractivity contribution in [1.29, 1.82) is 0 Å². The molecule has 0 saturated heterocycles. The Bertz CT molecular complexity index is 716. The van der Waals surface area contributed by atoms with Gasteiger partial charge in [-0.1, -0.05) is 36.4 Å². The lowest BCUT2D eigenvalue weighted by molar-refractivity contribution is -0.116. The number of hydrogen-bond acceptors (Lipinski definition) is 3. The average molecular weight is 318 g/mol. The van der Waals surface area contributed by atoms with Crippen molar-refractivity contribution in [3.63, 3.8) is 0 Å². The summed E-state index contributed by atoms with van der Waals surface area (Å²) in [6, 6.07) is 17.3. The molecule has 0 unspecified atom stereocenters. The number of nitrogens with zero attached hydrogens (tertiary/aromatic N) is 1.